The van der Waals surface area contributed by atoms with Crippen molar-refractivity contribution in [3.63, 3.8) is 0 Å². The first-order valence-corrected chi connectivity index (χ1v) is 9.45. The maximum atomic E-state index is 11.6. The van der Waals surface area contributed by atoms with Gasteiger partial charge in [0.05, 0.1) is 25.1 Å². The fourth-order valence-electron chi connectivity index (χ4n) is 2.38. The van der Waals surface area contributed by atoms with E-state index in [9.17, 15) is 4.79 Å². The van der Waals surface area contributed by atoms with Crippen molar-refractivity contribution in [2.75, 3.05) is 33.1 Å². The number of carbonyl (C=O) groups excluding carboxylic acids is 1. The summed E-state index contributed by atoms with van der Waals surface area (Å²) >= 11 is 1.52. The number of benzene rings is 1. The Bertz CT molecular complexity index is 716. The van der Waals surface area contributed by atoms with Crippen molar-refractivity contribution < 1.29 is 14.3 Å². The van der Waals surface area contributed by atoms with E-state index >= 15 is 0 Å². The van der Waals surface area contributed by atoms with E-state index in [0.29, 0.717) is 12.4 Å². The molecule has 140 valence electrons. The van der Waals surface area contributed by atoms with Gasteiger partial charge in [-0.2, -0.15) is 0 Å². The Balaban J connectivity index is 2.11. The van der Waals surface area contributed by atoms with Crippen LogP contribution in [0.25, 0.3) is 6.08 Å². The topological polar surface area (TPSA) is 72.3 Å². The van der Waals surface area contributed by atoms with Gasteiger partial charge in [0.1, 0.15) is 10.8 Å². The fourth-order valence-corrected chi connectivity index (χ4v) is 3.37. The number of methoxy groups -OCH3 is 1. The summed E-state index contributed by atoms with van der Waals surface area (Å²) in [5.41, 5.74) is 2.46. The summed E-state index contributed by atoms with van der Waals surface area (Å²) in [7, 11) is 3.30. The molecule has 1 atom stereocenters. The molecule has 26 heavy (non-hydrogen) atoms. The highest BCUT2D eigenvalue weighted by atomic mass is 32.2. The van der Waals surface area contributed by atoms with Crippen LogP contribution < -0.4 is 10.1 Å². The van der Waals surface area contributed by atoms with Crippen molar-refractivity contribution in [3.8, 4) is 5.75 Å². The van der Waals surface area contributed by atoms with Gasteiger partial charge in [0, 0.05) is 11.3 Å². The largest absolute Gasteiger partial charge is 0.494 e. The van der Waals surface area contributed by atoms with Gasteiger partial charge in [-0.15, -0.1) is 11.8 Å². The predicted octanol–water partition coefficient (Wildman–Crippen LogP) is 3.10. The highest BCUT2D eigenvalue weighted by molar-refractivity contribution is 8.16. The number of rotatable bonds is 9. The molecule has 1 aliphatic rings. The van der Waals surface area contributed by atoms with Crippen LogP contribution in [-0.4, -0.2) is 55.8 Å². The molecule has 1 heterocycles. The van der Waals surface area contributed by atoms with Crippen molar-refractivity contribution in [2.24, 2.45) is 9.98 Å². The van der Waals surface area contributed by atoms with Gasteiger partial charge in [-0.3, -0.25) is 9.98 Å². The molecule has 1 aromatic rings. The Kier molecular flexibility index (Phi) is 7.87. The molecule has 0 radical (unpaired) electrons. The molecule has 0 saturated heterocycles. The van der Waals surface area contributed by atoms with E-state index in [2.05, 4.69) is 21.9 Å². The number of ether oxygens (including phenoxy) is 2. The van der Waals surface area contributed by atoms with Crippen LogP contribution in [0.5, 0.6) is 5.75 Å². The Morgan fingerprint density at radius 1 is 1.54 bits per heavy atom. The lowest BCUT2D eigenvalue weighted by Crippen LogP contribution is -2.19. The average Bonchev–Trinajstić information content (AvgIpc) is 3.16. The third kappa shape index (κ3) is 5.44. The van der Waals surface area contributed by atoms with E-state index in [4.69, 9.17) is 9.47 Å². The van der Waals surface area contributed by atoms with Crippen LogP contribution >= 0.6 is 11.8 Å². The molecule has 0 spiro atoms. The SMILES string of the molecule is C=Cc1cc(OCCCNC)ccc1/N=C(\C)C1=N[C@@H](C(=O)OC)CS1. The number of thioether (sulfide) groups is 1. The molecule has 2 rings (SSSR count). The number of nitrogens with one attached hydrogen (secondary N) is 1. The fraction of sp³-hybridized carbons (Fsp3) is 0.421. The summed E-state index contributed by atoms with van der Waals surface area (Å²) in [6.45, 7) is 7.32. The monoisotopic (exact) mass is 375 g/mol. The zero-order valence-electron chi connectivity index (χ0n) is 15.4. The zero-order chi connectivity index (χ0) is 18.9. The van der Waals surface area contributed by atoms with Crippen molar-refractivity contribution in [1.29, 1.82) is 0 Å². The molecule has 0 unspecified atom stereocenters. The van der Waals surface area contributed by atoms with E-state index in [0.717, 1.165) is 40.7 Å². The van der Waals surface area contributed by atoms with Crippen LogP contribution in [0, 0.1) is 0 Å². The van der Waals surface area contributed by atoms with Crippen molar-refractivity contribution >= 4 is 40.2 Å². The molecule has 0 amide bonds. The second-order valence-corrected chi connectivity index (χ2v) is 6.72. The first kappa shape index (κ1) is 20.2. The first-order valence-electron chi connectivity index (χ1n) is 8.47. The van der Waals surface area contributed by atoms with Gasteiger partial charge >= 0.3 is 5.97 Å². The summed E-state index contributed by atoms with van der Waals surface area (Å²) in [6.07, 6.45) is 2.70. The summed E-state index contributed by atoms with van der Waals surface area (Å²) in [4.78, 5) is 20.7. The normalized spacial score (nSPS) is 17.0. The highest BCUT2D eigenvalue weighted by Gasteiger charge is 2.26. The molecule has 0 aliphatic carbocycles. The van der Waals surface area contributed by atoms with Crippen LogP contribution in [0.4, 0.5) is 5.69 Å². The maximum absolute atomic E-state index is 11.6. The third-order valence-electron chi connectivity index (χ3n) is 3.78. The van der Waals surface area contributed by atoms with E-state index in [1.54, 1.807) is 6.08 Å². The lowest BCUT2D eigenvalue weighted by molar-refractivity contribution is -0.141. The average molecular weight is 375 g/mol. The zero-order valence-corrected chi connectivity index (χ0v) is 16.3. The van der Waals surface area contributed by atoms with Crippen LogP contribution in [0.15, 0.2) is 34.8 Å². The predicted molar refractivity (Wildman–Crippen MR) is 109 cm³/mol. The number of nitrogens with zero attached hydrogens (tertiary/aromatic N) is 2. The van der Waals surface area contributed by atoms with Crippen LogP contribution in [0.2, 0.25) is 0 Å². The second-order valence-electron chi connectivity index (χ2n) is 5.71. The minimum absolute atomic E-state index is 0.313. The maximum Gasteiger partial charge on any atom is 0.331 e. The number of carbonyl (C=O) groups is 1. The third-order valence-corrected chi connectivity index (χ3v) is 4.94. The molecule has 0 bridgehead atoms. The lowest BCUT2D eigenvalue weighted by Gasteiger charge is -2.09. The Morgan fingerprint density at radius 3 is 3.04 bits per heavy atom. The molecule has 0 aromatic heterocycles. The summed E-state index contributed by atoms with van der Waals surface area (Å²) in [5, 5.41) is 3.86. The minimum Gasteiger partial charge on any atom is -0.494 e. The van der Waals surface area contributed by atoms with Crippen LogP contribution in [-0.2, 0) is 9.53 Å². The highest BCUT2D eigenvalue weighted by Crippen LogP contribution is 2.28. The minimum atomic E-state index is -0.447. The van der Waals surface area contributed by atoms with E-state index < -0.39 is 6.04 Å². The summed E-state index contributed by atoms with van der Waals surface area (Å²) < 4.78 is 10.5. The summed E-state index contributed by atoms with van der Waals surface area (Å²) in [6, 6.07) is 5.29. The molecule has 1 aliphatic heterocycles. The van der Waals surface area contributed by atoms with Gasteiger partial charge in [-0.25, -0.2) is 4.79 Å². The molecule has 6 nitrogen and oxygen atoms in total. The van der Waals surface area contributed by atoms with Crippen molar-refractivity contribution in [1.82, 2.24) is 5.32 Å². The molecule has 0 fully saturated rings. The van der Waals surface area contributed by atoms with Gasteiger partial charge in [0.25, 0.3) is 0 Å². The number of esters is 1. The molecule has 1 aromatic carbocycles. The number of hydrogen-bond donors (Lipinski definition) is 1. The quantitative estimate of drug-likeness (QED) is 0.408. The van der Waals surface area contributed by atoms with Gasteiger partial charge in [0.2, 0.25) is 0 Å². The van der Waals surface area contributed by atoms with Gasteiger partial charge in [-0.1, -0.05) is 12.7 Å². The van der Waals surface area contributed by atoms with Gasteiger partial charge in [0.15, 0.2) is 6.04 Å². The molecule has 0 saturated carbocycles. The van der Waals surface area contributed by atoms with Crippen molar-refractivity contribution in [3.05, 3.63) is 30.3 Å². The summed E-state index contributed by atoms with van der Waals surface area (Å²) in [5.74, 6) is 1.07. The van der Waals surface area contributed by atoms with E-state index in [1.165, 1.54) is 18.9 Å². The second kappa shape index (κ2) is 10.1. The van der Waals surface area contributed by atoms with Gasteiger partial charge in [-0.05, 0) is 45.1 Å². The van der Waals surface area contributed by atoms with E-state index in [1.807, 2.05) is 32.2 Å². The first-order chi connectivity index (χ1) is 12.6. The van der Waals surface area contributed by atoms with Crippen LogP contribution in [0.1, 0.15) is 18.9 Å². The molecular weight excluding hydrogens is 350 g/mol. The van der Waals surface area contributed by atoms with Crippen molar-refractivity contribution in [2.45, 2.75) is 19.4 Å². The van der Waals surface area contributed by atoms with Crippen LogP contribution in [0.3, 0.4) is 0 Å². The number of hydrogen-bond acceptors (Lipinski definition) is 7. The Hall–Kier alpha value is -2.12. The molecular formula is C19H25N3O3S. The van der Waals surface area contributed by atoms with Gasteiger partial charge < -0.3 is 14.8 Å². The number of aliphatic imine (C=N–C) groups is 2. The Morgan fingerprint density at radius 2 is 2.35 bits per heavy atom. The lowest BCUT2D eigenvalue weighted by atomic mass is 10.1. The standard InChI is InChI=1S/C19H25N3O3S/c1-5-14-11-15(25-10-6-9-20-3)7-8-16(14)21-13(2)18-22-17(12-26-18)19(23)24-4/h5,7-8,11,17,20H,1,6,9-10,12H2,2-4H3/b21-13+/t17-/m1/s1. The Labute approximate surface area is 158 Å². The van der Waals surface area contributed by atoms with E-state index in [-0.39, 0.29) is 5.97 Å². The molecule has 1 N–H and O–H groups in total. The molecule has 7 heteroatoms. The smallest absolute Gasteiger partial charge is 0.331 e.